The molecule has 2 fully saturated rings. The van der Waals surface area contributed by atoms with E-state index < -0.39 is 0 Å². The van der Waals surface area contributed by atoms with Gasteiger partial charge in [0.05, 0.1) is 13.1 Å². The first-order chi connectivity index (χ1) is 18.2. The molecule has 0 bridgehead atoms. The van der Waals surface area contributed by atoms with Crippen LogP contribution >= 0.6 is 0 Å². The van der Waals surface area contributed by atoms with Gasteiger partial charge >= 0.3 is 0 Å². The van der Waals surface area contributed by atoms with Crippen molar-refractivity contribution in [2.24, 2.45) is 17.9 Å². The van der Waals surface area contributed by atoms with Crippen LogP contribution < -0.4 is 0 Å². The maximum absolute atomic E-state index is 13.5. The van der Waals surface area contributed by atoms with Gasteiger partial charge in [0, 0.05) is 57.0 Å². The minimum absolute atomic E-state index is 0.0157. The third-order valence-corrected chi connectivity index (χ3v) is 8.18. The number of rotatable bonds is 8. The van der Waals surface area contributed by atoms with Crippen molar-refractivity contribution in [2.45, 2.75) is 59.7 Å². The topological polar surface area (TPSA) is 73.3 Å². The summed E-state index contributed by atoms with van der Waals surface area (Å²) in [5.41, 5.74) is 2.82. The Morgan fingerprint density at radius 1 is 1.00 bits per heavy atom. The van der Waals surface area contributed by atoms with Crippen LogP contribution in [0.1, 0.15) is 67.6 Å². The molecule has 1 aromatic carbocycles. The number of H-pyrrole nitrogens is 1. The zero-order chi connectivity index (χ0) is 26.8. The molecule has 38 heavy (non-hydrogen) atoms. The van der Waals surface area contributed by atoms with Gasteiger partial charge in [-0.2, -0.15) is 0 Å². The highest BCUT2D eigenvalue weighted by atomic mass is 16.2. The van der Waals surface area contributed by atoms with E-state index in [1.54, 1.807) is 23.5 Å². The van der Waals surface area contributed by atoms with Crippen LogP contribution in [0.25, 0.3) is 0 Å². The number of piperidine rings is 1. The molecule has 0 atom stereocenters. The number of carbonyl (C=O) groups is 1. The number of amides is 1. The number of aryl methyl sites for hydroxylation is 1. The first-order valence-corrected chi connectivity index (χ1v) is 14.0. The normalized spacial score (nSPS) is 18.3. The summed E-state index contributed by atoms with van der Waals surface area (Å²) in [5, 5.41) is 0. The van der Waals surface area contributed by atoms with Gasteiger partial charge < -0.3 is 19.4 Å². The third kappa shape index (κ3) is 6.53. The predicted molar refractivity (Wildman–Crippen MR) is 149 cm³/mol. The summed E-state index contributed by atoms with van der Waals surface area (Å²) in [6.07, 6.45) is 11.1. The predicted octanol–water partition coefficient (Wildman–Crippen LogP) is 4.32. The highest BCUT2D eigenvalue weighted by Crippen LogP contribution is 2.41. The Morgan fingerprint density at radius 2 is 1.71 bits per heavy atom. The van der Waals surface area contributed by atoms with Crippen LogP contribution in [0.5, 0.6) is 0 Å². The Kier molecular flexibility index (Phi) is 7.73. The molecule has 1 N–H and O–H groups in total. The number of nitrogens with zero attached hydrogens (tertiary/aromatic N) is 6. The highest BCUT2D eigenvalue weighted by Gasteiger charge is 2.40. The number of likely N-dealkylation sites (tertiary alicyclic amines) is 2. The first-order valence-electron chi connectivity index (χ1n) is 14.0. The molecule has 0 unspecified atom stereocenters. The molecule has 204 valence electrons. The summed E-state index contributed by atoms with van der Waals surface area (Å²) in [5.74, 6) is 1.59. The Hall–Kier alpha value is -2.97. The van der Waals surface area contributed by atoms with Gasteiger partial charge in [0.15, 0.2) is 0 Å². The fraction of sp³-hybridized carbons (Fsp3) is 0.567. The molecule has 1 spiro atoms. The van der Waals surface area contributed by atoms with E-state index in [9.17, 15) is 4.79 Å². The van der Waals surface area contributed by atoms with Crippen molar-refractivity contribution < 1.29 is 4.79 Å². The molecule has 2 saturated heterocycles. The lowest BCUT2D eigenvalue weighted by atomic mass is 9.77. The second-order valence-corrected chi connectivity index (χ2v) is 12.6. The molecule has 2 aromatic heterocycles. The van der Waals surface area contributed by atoms with Crippen molar-refractivity contribution in [3.63, 3.8) is 0 Å². The lowest BCUT2D eigenvalue weighted by Gasteiger charge is -2.41. The maximum Gasteiger partial charge on any atom is 0.254 e. The van der Waals surface area contributed by atoms with Crippen LogP contribution in [-0.4, -0.2) is 72.8 Å². The summed E-state index contributed by atoms with van der Waals surface area (Å²) < 4.78 is 1.95. The number of carbonyl (C=O) groups excluding carboxylic acids is 1. The van der Waals surface area contributed by atoms with E-state index in [-0.39, 0.29) is 5.91 Å². The minimum atomic E-state index is -0.0157. The standard InChI is InChI=1S/C30H43N7O/c1-29(2,3)22-35-15-9-30(10-16-35)11-17-36(23-30)19-24-5-7-25(8-6-24)28(38)37(20-26-31-12-13-32-26)21-27-33-14-18-34(27)4/h5-8,12-14,18H,9-11,15-17,19-23H2,1-4H3,(H,31,32). The first kappa shape index (κ1) is 26.6. The molecule has 3 aromatic rings. The molecule has 2 aliphatic rings. The molecule has 5 rings (SSSR count). The zero-order valence-corrected chi connectivity index (χ0v) is 23.5. The van der Waals surface area contributed by atoms with E-state index in [0.717, 1.165) is 18.2 Å². The van der Waals surface area contributed by atoms with Gasteiger partial charge in [0.2, 0.25) is 0 Å². The van der Waals surface area contributed by atoms with Gasteiger partial charge in [-0.05, 0) is 67.4 Å². The van der Waals surface area contributed by atoms with Gasteiger partial charge in [0.25, 0.3) is 5.91 Å². The smallest absolute Gasteiger partial charge is 0.254 e. The zero-order valence-electron chi connectivity index (χ0n) is 23.5. The lowest BCUT2D eigenvalue weighted by Crippen LogP contribution is -2.44. The molecular formula is C30H43N7O. The summed E-state index contributed by atoms with van der Waals surface area (Å²) in [4.78, 5) is 32.4. The highest BCUT2D eigenvalue weighted by molar-refractivity contribution is 5.94. The number of benzene rings is 1. The average Bonchev–Trinajstić information content (AvgIpc) is 3.63. The summed E-state index contributed by atoms with van der Waals surface area (Å²) >= 11 is 0. The Balaban J connectivity index is 1.18. The minimum Gasteiger partial charge on any atom is -0.347 e. The molecule has 0 saturated carbocycles. The molecule has 8 nitrogen and oxygen atoms in total. The van der Waals surface area contributed by atoms with Crippen molar-refractivity contribution in [3.8, 4) is 0 Å². The molecule has 2 aliphatic heterocycles. The third-order valence-electron chi connectivity index (χ3n) is 8.18. The Morgan fingerprint density at radius 3 is 2.32 bits per heavy atom. The Labute approximate surface area is 227 Å². The molecule has 0 aliphatic carbocycles. The molecule has 1 amide bonds. The fourth-order valence-corrected chi connectivity index (χ4v) is 6.10. The van der Waals surface area contributed by atoms with Crippen LogP contribution in [-0.2, 0) is 26.7 Å². The SMILES string of the molecule is Cn1ccnc1CN(Cc1ncc[nH]1)C(=O)c1ccc(CN2CCC3(CCN(CC(C)(C)C)CC3)C2)cc1. The lowest BCUT2D eigenvalue weighted by molar-refractivity contribution is 0.0720. The van der Waals surface area contributed by atoms with Crippen molar-refractivity contribution in [2.75, 3.05) is 32.7 Å². The van der Waals surface area contributed by atoms with Crippen LogP contribution in [0.15, 0.2) is 49.1 Å². The van der Waals surface area contributed by atoms with Crippen LogP contribution in [0.3, 0.4) is 0 Å². The van der Waals surface area contributed by atoms with Crippen molar-refractivity contribution in [1.82, 2.24) is 34.2 Å². The molecule has 8 heteroatoms. The summed E-state index contributed by atoms with van der Waals surface area (Å²) in [6.45, 7) is 14.8. The number of hydrogen-bond acceptors (Lipinski definition) is 5. The average molecular weight is 518 g/mol. The van der Waals surface area contributed by atoms with E-state index in [0.29, 0.717) is 29.5 Å². The van der Waals surface area contributed by atoms with E-state index in [4.69, 9.17) is 0 Å². The maximum atomic E-state index is 13.5. The van der Waals surface area contributed by atoms with Gasteiger partial charge in [0.1, 0.15) is 11.6 Å². The number of aromatic nitrogens is 4. The van der Waals surface area contributed by atoms with E-state index in [1.807, 2.05) is 29.9 Å². The number of hydrogen-bond donors (Lipinski definition) is 1. The van der Waals surface area contributed by atoms with E-state index >= 15 is 0 Å². The molecule has 0 radical (unpaired) electrons. The van der Waals surface area contributed by atoms with Gasteiger partial charge in [-0.25, -0.2) is 9.97 Å². The number of imidazole rings is 2. The van der Waals surface area contributed by atoms with E-state index in [2.05, 4.69) is 57.7 Å². The quantitative estimate of drug-likeness (QED) is 0.482. The Bertz CT molecular complexity index is 1180. The molecular weight excluding hydrogens is 474 g/mol. The fourth-order valence-electron chi connectivity index (χ4n) is 6.10. The van der Waals surface area contributed by atoms with Crippen LogP contribution in [0.4, 0.5) is 0 Å². The molecule has 4 heterocycles. The largest absolute Gasteiger partial charge is 0.347 e. The van der Waals surface area contributed by atoms with Gasteiger partial charge in [-0.15, -0.1) is 0 Å². The van der Waals surface area contributed by atoms with Crippen molar-refractivity contribution in [3.05, 3.63) is 71.8 Å². The van der Waals surface area contributed by atoms with Crippen LogP contribution in [0, 0.1) is 10.8 Å². The second kappa shape index (κ2) is 11.0. The monoisotopic (exact) mass is 517 g/mol. The second-order valence-electron chi connectivity index (χ2n) is 12.6. The number of aromatic amines is 1. The summed E-state index contributed by atoms with van der Waals surface area (Å²) in [7, 11) is 1.95. The number of nitrogens with one attached hydrogen (secondary N) is 1. The summed E-state index contributed by atoms with van der Waals surface area (Å²) in [6, 6.07) is 8.19. The van der Waals surface area contributed by atoms with Gasteiger partial charge in [-0.1, -0.05) is 32.9 Å². The van der Waals surface area contributed by atoms with Crippen LogP contribution in [0.2, 0.25) is 0 Å². The van der Waals surface area contributed by atoms with Gasteiger partial charge in [-0.3, -0.25) is 9.69 Å². The van der Waals surface area contributed by atoms with Crippen molar-refractivity contribution >= 4 is 5.91 Å². The van der Waals surface area contributed by atoms with Crippen molar-refractivity contribution in [1.29, 1.82) is 0 Å². The van der Waals surface area contributed by atoms with E-state index in [1.165, 1.54) is 57.5 Å².